The molecule has 0 bridgehead atoms. The number of aromatic nitrogens is 2. The monoisotopic (exact) mass is 462 g/mol. The number of sulfonamides is 1. The van der Waals surface area contributed by atoms with Crippen LogP contribution in [0.15, 0.2) is 69.1 Å². The van der Waals surface area contributed by atoms with Crippen LogP contribution < -0.4 is 0 Å². The van der Waals surface area contributed by atoms with Gasteiger partial charge in [-0.25, -0.2) is 12.8 Å². The van der Waals surface area contributed by atoms with E-state index >= 15 is 0 Å². The number of piperazine rings is 1. The summed E-state index contributed by atoms with van der Waals surface area (Å²) in [5.41, 5.74) is 0.798. The number of nitrogens with zero attached hydrogens (tertiary/aromatic N) is 4. The Morgan fingerprint density at radius 2 is 1.68 bits per heavy atom. The standard InChI is InChI=1S/C20H19FN4O4S2/c21-16-6-8-17(9-7-16)31(27,28)25-12-10-24(11-13-25)18(26)14-30-20-23-22-19(29-20)15-4-2-1-3-5-15/h1-9H,10-14H2. The number of carbonyl (C=O) groups is 1. The average Bonchev–Trinajstić information content (AvgIpc) is 3.27. The SMILES string of the molecule is O=C(CSc1nnc(-c2ccccc2)o1)N1CCN(S(=O)(=O)c2ccc(F)cc2)CC1. The van der Waals surface area contributed by atoms with Gasteiger partial charge in [-0.1, -0.05) is 30.0 Å². The summed E-state index contributed by atoms with van der Waals surface area (Å²) in [5, 5.41) is 8.24. The maximum atomic E-state index is 13.1. The van der Waals surface area contributed by atoms with E-state index < -0.39 is 15.8 Å². The van der Waals surface area contributed by atoms with Crippen molar-refractivity contribution >= 4 is 27.7 Å². The molecule has 1 aliphatic heterocycles. The van der Waals surface area contributed by atoms with Gasteiger partial charge in [0.15, 0.2) is 0 Å². The smallest absolute Gasteiger partial charge is 0.277 e. The third-order valence-electron chi connectivity index (χ3n) is 4.79. The first kappa shape index (κ1) is 21.5. The Kier molecular flexibility index (Phi) is 6.35. The van der Waals surface area contributed by atoms with E-state index in [-0.39, 0.29) is 42.7 Å². The molecule has 1 saturated heterocycles. The van der Waals surface area contributed by atoms with Crippen molar-refractivity contribution in [1.29, 1.82) is 0 Å². The van der Waals surface area contributed by atoms with E-state index in [4.69, 9.17) is 4.42 Å². The molecule has 8 nitrogen and oxygen atoms in total. The van der Waals surface area contributed by atoms with Crippen LogP contribution in [-0.4, -0.2) is 65.7 Å². The highest BCUT2D eigenvalue weighted by atomic mass is 32.2. The number of benzene rings is 2. The molecule has 1 amide bonds. The molecule has 1 fully saturated rings. The molecule has 0 saturated carbocycles. The topological polar surface area (TPSA) is 96.6 Å². The van der Waals surface area contributed by atoms with E-state index in [1.165, 1.54) is 16.4 Å². The molecule has 1 aliphatic rings. The van der Waals surface area contributed by atoms with Gasteiger partial charge < -0.3 is 9.32 Å². The fourth-order valence-electron chi connectivity index (χ4n) is 3.11. The molecular formula is C20H19FN4O4S2. The number of amides is 1. The van der Waals surface area contributed by atoms with Crippen LogP contribution >= 0.6 is 11.8 Å². The number of hydrogen-bond donors (Lipinski definition) is 0. The number of thioether (sulfide) groups is 1. The average molecular weight is 463 g/mol. The predicted octanol–water partition coefficient (Wildman–Crippen LogP) is 2.50. The summed E-state index contributed by atoms with van der Waals surface area (Å²) in [7, 11) is -3.72. The van der Waals surface area contributed by atoms with Crippen LogP contribution in [0, 0.1) is 5.82 Å². The zero-order valence-electron chi connectivity index (χ0n) is 16.3. The van der Waals surface area contributed by atoms with Crippen LogP contribution in [0.1, 0.15) is 0 Å². The van der Waals surface area contributed by atoms with Crippen LogP contribution in [0.3, 0.4) is 0 Å². The van der Waals surface area contributed by atoms with Gasteiger partial charge in [-0.2, -0.15) is 4.31 Å². The molecule has 31 heavy (non-hydrogen) atoms. The summed E-state index contributed by atoms with van der Waals surface area (Å²) in [4.78, 5) is 14.2. The third kappa shape index (κ3) is 4.94. The molecule has 0 unspecified atom stereocenters. The maximum absolute atomic E-state index is 13.1. The lowest BCUT2D eigenvalue weighted by Crippen LogP contribution is -2.50. The zero-order valence-corrected chi connectivity index (χ0v) is 18.0. The van der Waals surface area contributed by atoms with Crippen molar-refractivity contribution in [2.45, 2.75) is 10.1 Å². The van der Waals surface area contributed by atoms with E-state index in [1.807, 2.05) is 30.3 Å². The Bertz CT molecular complexity index is 1150. The summed E-state index contributed by atoms with van der Waals surface area (Å²) >= 11 is 1.14. The van der Waals surface area contributed by atoms with Crippen molar-refractivity contribution in [2.75, 3.05) is 31.9 Å². The van der Waals surface area contributed by atoms with Gasteiger partial charge >= 0.3 is 0 Å². The van der Waals surface area contributed by atoms with Gasteiger partial charge in [0.1, 0.15) is 5.82 Å². The van der Waals surface area contributed by atoms with Gasteiger partial charge in [-0.3, -0.25) is 4.79 Å². The zero-order chi connectivity index (χ0) is 21.8. The predicted molar refractivity (Wildman–Crippen MR) is 112 cm³/mol. The van der Waals surface area contributed by atoms with E-state index in [1.54, 1.807) is 4.90 Å². The Morgan fingerprint density at radius 1 is 1.00 bits per heavy atom. The lowest BCUT2D eigenvalue weighted by Gasteiger charge is -2.33. The first-order chi connectivity index (χ1) is 14.9. The lowest BCUT2D eigenvalue weighted by atomic mass is 10.2. The summed E-state index contributed by atoms with van der Waals surface area (Å²) in [5.74, 6) is -0.135. The van der Waals surface area contributed by atoms with Crippen LogP contribution in [-0.2, 0) is 14.8 Å². The molecule has 0 aliphatic carbocycles. The highest BCUT2D eigenvalue weighted by Gasteiger charge is 2.30. The van der Waals surface area contributed by atoms with E-state index in [0.29, 0.717) is 11.1 Å². The van der Waals surface area contributed by atoms with Crippen molar-refractivity contribution in [2.24, 2.45) is 0 Å². The van der Waals surface area contributed by atoms with Gasteiger partial charge in [0.05, 0.1) is 10.6 Å². The number of halogens is 1. The minimum absolute atomic E-state index is 0.0369. The van der Waals surface area contributed by atoms with Crippen molar-refractivity contribution in [3.05, 3.63) is 60.4 Å². The molecule has 0 radical (unpaired) electrons. The fourth-order valence-corrected chi connectivity index (χ4v) is 5.20. The van der Waals surface area contributed by atoms with Crippen LogP contribution in [0.5, 0.6) is 0 Å². The summed E-state index contributed by atoms with van der Waals surface area (Å²) in [6.45, 7) is 0.904. The molecule has 0 spiro atoms. The van der Waals surface area contributed by atoms with Crippen molar-refractivity contribution in [3.63, 3.8) is 0 Å². The van der Waals surface area contributed by atoms with Gasteiger partial charge in [0.25, 0.3) is 5.22 Å². The molecule has 3 aromatic rings. The summed E-state index contributed by atoms with van der Waals surface area (Å²) in [6.07, 6.45) is 0. The van der Waals surface area contributed by atoms with Gasteiger partial charge in [0, 0.05) is 31.7 Å². The second kappa shape index (κ2) is 9.16. The minimum Gasteiger partial charge on any atom is -0.411 e. The Morgan fingerprint density at radius 3 is 2.35 bits per heavy atom. The number of carbonyl (C=O) groups excluding carboxylic acids is 1. The van der Waals surface area contributed by atoms with Gasteiger partial charge in [0.2, 0.25) is 21.8 Å². The van der Waals surface area contributed by atoms with Crippen molar-refractivity contribution < 1.29 is 22.0 Å². The molecule has 2 aromatic carbocycles. The molecule has 162 valence electrons. The van der Waals surface area contributed by atoms with Crippen molar-refractivity contribution in [3.8, 4) is 11.5 Å². The molecule has 0 atom stereocenters. The van der Waals surface area contributed by atoms with Crippen LogP contribution in [0.4, 0.5) is 4.39 Å². The second-order valence-electron chi connectivity index (χ2n) is 6.77. The van der Waals surface area contributed by atoms with E-state index in [0.717, 1.165) is 29.5 Å². The van der Waals surface area contributed by atoms with Crippen LogP contribution in [0.2, 0.25) is 0 Å². The highest BCUT2D eigenvalue weighted by molar-refractivity contribution is 7.99. The summed E-state index contributed by atoms with van der Waals surface area (Å²) < 4.78 is 45.3. The molecule has 2 heterocycles. The fraction of sp³-hybridized carbons (Fsp3) is 0.250. The molecule has 0 N–H and O–H groups in total. The van der Waals surface area contributed by atoms with E-state index in [2.05, 4.69) is 10.2 Å². The maximum Gasteiger partial charge on any atom is 0.277 e. The first-order valence-corrected chi connectivity index (χ1v) is 11.9. The Balaban J connectivity index is 1.30. The first-order valence-electron chi connectivity index (χ1n) is 9.49. The minimum atomic E-state index is -3.72. The molecule has 4 rings (SSSR count). The molecular weight excluding hydrogens is 443 g/mol. The number of rotatable bonds is 6. The third-order valence-corrected chi connectivity index (χ3v) is 7.51. The second-order valence-corrected chi connectivity index (χ2v) is 9.63. The summed E-state index contributed by atoms with van der Waals surface area (Å²) in [6, 6.07) is 14.0. The van der Waals surface area contributed by atoms with Crippen molar-refractivity contribution in [1.82, 2.24) is 19.4 Å². The quantitative estimate of drug-likeness (QED) is 0.519. The lowest BCUT2D eigenvalue weighted by molar-refractivity contribution is -0.129. The highest BCUT2D eigenvalue weighted by Crippen LogP contribution is 2.24. The number of hydrogen-bond acceptors (Lipinski definition) is 7. The largest absolute Gasteiger partial charge is 0.411 e. The van der Waals surface area contributed by atoms with Gasteiger partial charge in [-0.05, 0) is 36.4 Å². The van der Waals surface area contributed by atoms with Crippen LogP contribution in [0.25, 0.3) is 11.5 Å². The van der Waals surface area contributed by atoms with E-state index in [9.17, 15) is 17.6 Å². The normalized spacial score (nSPS) is 15.2. The Labute approximate surface area is 183 Å². The van der Waals surface area contributed by atoms with Gasteiger partial charge in [-0.15, -0.1) is 10.2 Å². The molecule has 1 aromatic heterocycles. The molecule has 11 heteroatoms. The Hall–Kier alpha value is -2.76.